The Morgan fingerprint density at radius 3 is 2.14 bits per heavy atom. The maximum absolute atomic E-state index is 12.7. The van der Waals surface area contributed by atoms with Gasteiger partial charge in [0.15, 0.2) is 0 Å². The lowest BCUT2D eigenvalue weighted by Crippen LogP contribution is -2.34. The zero-order chi connectivity index (χ0) is 15.2. The van der Waals surface area contributed by atoms with Crippen LogP contribution in [0, 0.1) is 13.8 Å². The molecule has 0 heterocycles. The molecule has 0 unspecified atom stereocenters. The van der Waals surface area contributed by atoms with E-state index in [0.717, 1.165) is 35.3 Å². The molecule has 0 saturated heterocycles. The van der Waals surface area contributed by atoms with Crippen LogP contribution >= 0.6 is 0 Å². The third-order valence-electron chi connectivity index (χ3n) is 3.66. The first-order valence-corrected chi connectivity index (χ1v) is 7.54. The number of para-hydroxylation sites is 1. The zero-order valence-corrected chi connectivity index (χ0v) is 13.1. The molecule has 0 aliphatic carbocycles. The van der Waals surface area contributed by atoms with Crippen molar-refractivity contribution < 1.29 is 4.79 Å². The van der Waals surface area contributed by atoms with Crippen LogP contribution in [0.15, 0.2) is 48.5 Å². The third kappa shape index (κ3) is 3.72. The van der Waals surface area contributed by atoms with Crippen molar-refractivity contribution in [1.29, 1.82) is 0 Å². The van der Waals surface area contributed by atoms with Gasteiger partial charge in [0.1, 0.15) is 0 Å². The van der Waals surface area contributed by atoms with Gasteiger partial charge < -0.3 is 4.90 Å². The van der Waals surface area contributed by atoms with Gasteiger partial charge in [0.2, 0.25) is 5.91 Å². The van der Waals surface area contributed by atoms with Gasteiger partial charge in [-0.15, -0.1) is 0 Å². The number of amides is 1. The van der Waals surface area contributed by atoms with Gasteiger partial charge in [0.25, 0.3) is 0 Å². The van der Waals surface area contributed by atoms with Crippen LogP contribution in [0.2, 0.25) is 0 Å². The van der Waals surface area contributed by atoms with Gasteiger partial charge in [-0.2, -0.15) is 0 Å². The van der Waals surface area contributed by atoms with Gasteiger partial charge >= 0.3 is 0 Å². The van der Waals surface area contributed by atoms with Gasteiger partial charge in [-0.1, -0.05) is 55.5 Å². The molecule has 2 nitrogen and oxygen atoms in total. The lowest BCUT2D eigenvalue weighted by atomic mass is 10.1. The van der Waals surface area contributed by atoms with Crippen LogP contribution in [0.25, 0.3) is 0 Å². The van der Waals surface area contributed by atoms with Crippen LogP contribution in [0.3, 0.4) is 0 Å². The van der Waals surface area contributed by atoms with Crippen molar-refractivity contribution in [2.75, 3.05) is 11.4 Å². The van der Waals surface area contributed by atoms with E-state index in [9.17, 15) is 4.79 Å². The van der Waals surface area contributed by atoms with E-state index in [1.807, 2.05) is 41.3 Å². The number of nitrogens with zero attached hydrogens (tertiary/aromatic N) is 1. The van der Waals surface area contributed by atoms with Crippen LogP contribution in [-0.4, -0.2) is 12.5 Å². The van der Waals surface area contributed by atoms with Crippen LogP contribution in [0.1, 0.15) is 30.0 Å². The summed E-state index contributed by atoms with van der Waals surface area (Å²) in [7, 11) is 0. The van der Waals surface area contributed by atoms with E-state index in [4.69, 9.17) is 0 Å². The fourth-order valence-corrected chi connectivity index (χ4v) is 2.68. The quantitative estimate of drug-likeness (QED) is 0.800. The lowest BCUT2D eigenvalue weighted by Gasteiger charge is -2.26. The molecule has 0 aromatic heterocycles. The number of carbonyl (C=O) groups excluding carboxylic acids is 1. The SMILES string of the molecule is CCCN(C(=O)Cc1ccccc1)c1c(C)cccc1C. The average Bonchev–Trinajstić information content (AvgIpc) is 2.47. The summed E-state index contributed by atoms with van der Waals surface area (Å²) in [5, 5.41) is 0. The second-order valence-electron chi connectivity index (χ2n) is 5.45. The second kappa shape index (κ2) is 7.07. The maximum atomic E-state index is 12.7. The molecule has 0 saturated carbocycles. The minimum Gasteiger partial charge on any atom is -0.312 e. The molecule has 0 aliphatic heterocycles. The number of aryl methyl sites for hydroxylation is 2. The lowest BCUT2D eigenvalue weighted by molar-refractivity contribution is -0.118. The Kier molecular flexibility index (Phi) is 5.15. The van der Waals surface area contributed by atoms with E-state index >= 15 is 0 Å². The summed E-state index contributed by atoms with van der Waals surface area (Å²) in [4.78, 5) is 14.7. The zero-order valence-electron chi connectivity index (χ0n) is 13.1. The molecular weight excluding hydrogens is 258 g/mol. The molecule has 0 spiro atoms. The van der Waals surface area contributed by atoms with Gasteiger partial charge in [-0.05, 0) is 37.0 Å². The Morgan fingerprint density at radius 1 is 0.952 bits per heavy atom. The van der Waals surface area contributed by atoms with Crippen molar-refractivity contribution >= 4 is 11.6 Å². The first kappa shape index (κ1) is 15.3. The van der Waals surface area contributed by atoms with Crippen LogP contribution in [0.5, 0.6) is 0 Å². The van der Waals surface area contributed by atoms with E-state index in [1.165, 1.54) is 0 Å². The maximum Gasteiger partial charge on any atom is 0.231 e. The summed E-state index contributed by atoms with van der Waals surface area (Å²) in [6.07, 6.45) is 1.41. The third-order valence-corrected chi connectivity index (χ3v) is 3.66. The standard InChI is InChI=1S/C19H23NO/c1-4-13-20(19-15(2)9-8-10-16(19)3)18(21)14-17-11-6-5-7-12-17/h5-12H,4,13-14H2,1-3H3. The number of hydrogen-bond acceptors (Lipinski definition) is 1. The molecule has 2 rings (SSSR count). The predicted molar refractivity (Wildman–Crippen MR) is 88.7 cm³/mol. The first-order chi connectivity index (χ1) is 10.1. The van der Waals surface area contributed by atoms with Crippen LogP contribution < -0.4 is 4.90 Å². The molecule has 0 N–H and O–H groups in total. The molecule has 0 aliphatic rings. The predicted octanol–water partition coefficient (Wildman–Crippen LogP) is 4.29. The molecule has 0 atom stereocenters. The fraction of sp³-hybridized carbons (Fsp3) is 0.316. The monoisotopic (exact) mass is 281 g/mol. The molecule has 21 heavy (non-hydrogen) atoms. The molecule has 110 valence electrons. The highest BCUT2D eigenvalue weighted by molar-refractivity contribution is 5.96. The fourth-order valence-electron chi connectivity index (χ4n) is 2.68. The molecule has 2 aromatic rings. The molecule has 0 radical (unpaired) electrons. The Labute approximate surface area is 127 Å². The summed E-state index contributed by atoms with van der Waals surface area (Å²) >= 11 is 0. The summed E-state index contributed by atoms with van der Waals surface area (Å²) < 4.78 is 0. The molecule has 0 fully saturated rings. The summed E-state index contributed by atoms with van der Waals surface area (Å²) in [5.41, 5.74) is 4.45. The molecule has 0 bridgehead atoms. The highest BCUT2D eigenvalue weighted by Gasteiger charge is 2.18. The average molecular weight is 281 g/mol. The Hall–Kier alpha value is -2.09. The van der Waals surface area contributed by atoms with Crippen molar-refractivity contribution in [1.82, 2.24) is 0 Å². The topological polar surface area (TPSA) is 20.3 Å². The van der Waals surface area contributed by atoms with E-state index < -0.39 is 0 Å². The summed E-state index contributed by atoms with van der Waals surface area (Å²) in [5.74, 6) is 0.167. The number of anilines is 1. The summed E-state index contributed by atoms with van der Waals surface area (Å²) in [6.45, 7) is 7.01. The molecule has 2 aromatic carbocycles. The normalized spacial score (nSPS) is 10.4. The summed E-state index contributed by atoms with van der Waals surface area (Å²) in [6, 6.07) is 16.1. The highest BCUT2D eigenvalue weighted by Crippen LogP contribution is 2.25. The Bertz CT molecular complexity index is 584. The number of rotatable bonds is 5. The largest absolute Gasteiger partial charge is 0.312 e. The smallest absolute Gasteiger partial charge is 0.231 e. The number of carbonyl (C=O) groups is 1. The molecular formula is C19H23NO. The van der Waals surface area contributed by atoms with Crippen molar-refractivity contribution in [3.63, 3.8) is 0 Å². The highest BCUT2D eigenvalue weighted by atomic mass is 16.2. The van der Waals surface area contributed by atoms with E-state index in [0.29, 0.717) is 6.42 Å². The van der Waals surface area contributed by atoms with Crippen molar-refractivity contribution in [3.8, 4) is 0 Å². The van der Waals surface area contributed by atoms with Gasteiger partial charge in [-0.25, -0.2) is 0 Å². The van der Waals surface area contributed by atoms with Crippen molar-refractivity contribution in [2.45, 2.75) is 33.6 Å². The van der Waals surface area contributed by atoms with Crippen molar-refractivity contribution in [2.24, 2.45) is 0 Å². The van der Waals surface area contributed by atoms with Crippen LogP contribution in [-0.2, 0) is 11.2 Å². The first-order valence-electron chi connectivity index (χ1n) is 7.54. The van der Waals surface area contributed by atoms with E-state index in [2.05, 4.69) is 32.9 Å². The molecule has 1 amide bonds. The Balaban J connectivity index is 2.28. The van der Waals surface area contributed by atoms with E-state index in [-0.39, 0.29) is 5.91 Å². The molecule has 2 heteroatoms. The number of benzene rings is 2. The second-order valence-corrected chi connectivity index (χ2v) is 5.45. The minimum absolute atomic E-state index is 0.167. The number of hydrogen-bond donors (Lipinski definition) is 0. The minimum atomic E-state index is 0.167. The van der Waals surface area contributed by atoms with Gasteiger partial charge in [-0.3, -0.25) is 4.79 Å². The Morgan fingerprint density at radius 2 is 1.57 bits per heavy atom. The van der Waals surface area contributed by atoms with Gasteiger partial charge in [0, 0.05) is 12.2 Å². The van der Waals surface area contributed by atoms with Gasteiger partial charge in [0.05, 0.1) is 6.42 Å². The van der Waals surface area contributed by atoms with Crippen molar-refractivity contribution in [3.05, 3.63) is 65.2 Å². The van der Waals surface area contributed by atoms with Crippen LogP contribution in [0.4, 0.5) is 5.69 Å². The van der Waals surface area contributed by atoms with E-state index in [1.54, 1.807) is 0 Å².